The number of nitrogens with one attached hydrogen (secondary N) is 1. The molecule has 1 saturated heterocycles. The Morgan fingerprint density at radius 1 is 1.33 bits per heavy atom. The van der Waals surface area contributed by atoms with Crippen molar-refractivity contribution >= 4 is 5.69 Å². The smallest absolute Gasteiger partial charge is 0.130 e. The number of anilines is 1. The summed E-state index contributed by atoms with van der Waals surface area (Å²) in [5.74, 6) is -0.325. The Morgan fingerprint density at radius 3 is 2.73 bits per heavy atom. The van der Waals surface area contributed by atoms with Gasteiger partial charge in [-0.25, -0.2) is 4.39 Å². The van der Waals surface area contributed by atoms with Gasteiger partial charge in [-0.2, -0.15) is 0 Å². The molecule has 0 aromatic heterocycles. The summed E-state index contributed by atoms with van der Waals surface area (Å²) in [6, 6.07) is 4.93. The van der Waals surface area contributed by atoms with Gasteiger partial charge in [0.25, 0.3) is 0 Å². The van der Waals surface area contributed by atoms with Crippen LogP contribution in [0, 0.1) is 5.82 Å². The summed E-state index contributed by atoms with van der Waals surface area (Å²) in [4.78, 5) is 2.10. The fourth-order valence-corrected chi connectivity index (χ4v) is 1.91. The largest absolute Gasteiger partial charge is 0.391 e. The zero-order valence-corrected chi connectivity index (χ0v) is 8.54. The lowest BCUT2D eigenvalue weighted by molar-refractivity contribution is 0.276. The predicted octanol–water partition coefficient (Wildman–Crippen LogP) is 0.728. The van der Waals surface area contributed by atoms with Gasteiger partial charge in [-0.05, 0) is 12.1 Å². The molecule has 1 heterocycles. The number of hydrogen-bond acceptors (Lipinski definition) is 3. The summed E-state index contributed by atoms with van der Waals surface area (Å²) < 4.78 is 13.4. The molecule has 0 saturated carbocycles. The second-order valence-electron chi connectivity index (χ2n) is 3.63. The summed E-state index contributed by atoms with van der Waals surface area (Å²) in [6.45, 7) is 3.28. The fourth-order valence-electron chi connectivity index (χ4n) is 1.91. The highest BCUT2D eigenvalue weighted by Crippen LogP contribution is 2.23. The first-order valence-electron chi connectivity index (χ1n) is 5.17. The van der Waals surface area contributed by atoms with Crippen LogP contribution in [-0.2, 0) is 6.61 Å². The first kappa shape index (κ1) is 10.4. The average Bonchev–Trinajstić information content (AvgIpc) is 2.30. The highest BCUT2D eigenvalue weighted by atomic mass is 19.1. The Morgan fingerprint density at radius 2 is 2.07 bits per heavy atom. The Bertz CT molecular complexity index is 337. The van der Waals surface area contributed by atoms with Crippen LogP contribution in [0.1, 0.15) is 5.56 Å². The lowest BCUT2D eigenvalue weighted by Crippen LogP contribution is -2.44. The molecule has 1 aliphatic heterocycles. The third kappa shape index (κ3) is 2.11. The van der Waals surface area contributed by atoms with Gasteiger partial charge in [-0.15, -0.1) is 0 Å². The van der Waals surface area contributed by atoms with Crippen molar-refractivity contribution in [2.24, 2.45) is 0 Å². The summed E-state index contributed by atoms with van der Waals surface area (Å²) in [6.07, 6.45) is 0. The van der Waals surface area contributed by atoms with E-state index in [1.54, 1.807) is 6.07 Å². The van der Waals surface area contributed by atoms with E-state index in [2.05, 4.69) is 10.2 Å². The third-order valence-corrected chi connectivity index (χ3v) is 2.71. The van der Waals surface area contributed by atoms with Gasteiger partial charge in [-0.1, -0.05) is 6.07 Å². The molecule has 0 radical (unpaired) electrons. The Hall–Kier alpha value is -1.13. The molecule has 0 spiro atoms. The standard InChI is InChI=1S/C11H15FN2O/c12-10-2-1-3-11(9(10)8-15)14-6-4-13-5-7-14/h1-3,13,15H,4-8H2. The molecule has 4 heteroatoms. The van der Waals surface area contributed by atoms with Gasteiger partial charge in [-0.3, -0.25) is 0 Å². The minimum Gasteiger partial charge on any atom is -0.391 e. The van der Waals surface area contributed by atoms with Crippen molar-refractivity contribution < 1.29 is 9.50 Å². The molecule has 0 atom stereocenters. The molecule has 0 amide bonds. The fraction of sp³-hybridized carbons (Fsp3) is 0.455. The molecule has 0 bridgehead atoms. The summed E-state index contributed by atoms with van der Waals surface area (Å²) >= 11 is 0. The molecule has 82 valence electrons. The zero-order valence-electron chi connectivity index (χ0n) is 8.54. The molecule has 2 rings (SSSR count). The normalized spacial score (nSPS) is 16.8. The van der Waals surface area contributed by atoms with Crippen molar-refractivity contribution in [2.45, 2.75) is 6.61 Å². The van der Waals surface area contributed by atoms with Crippen molar-refractivity contribution in [3.63, 3.8) is 0 Å². The predicted molar refractivity (Wildman–Crippen MR) is 57.4 cm³/mol. The maximum absolute atomic E-state index is 13.4. The van der Waals surface area contributed by atoms with E-state index in [9.17, 15) is 4.39 Å². The molecule has 1 fully saturated rings. The molecule has 0 aliphatic carbocycles. The van der Waals surface area contributed by atoms with Crippen LogP contribution in [0.5, 0.6) is 0 Å². The van der Waals surface area contributed by atoms with E-state index in [-0.39, 0.29) is 12.4 Å². The summed E-state index contributed by atoms with van der Waals surface area (Å²) in [5, 5.41) is 12.4. The van der Waals surface area contributed by atoms with Crippen molar-refractivity contribution in [1.29, 1.82) is 0 Å². The van der Waals surface area contributed by atoms with Crippen LogP contribution in [-0.4, -0.2) is 31.3 Å². The highest BCUT2D eigenvalue weighted by Gasteiger charge is 2.15. The van der Waals surface area contributed by atoms with Gasteiger partial charge in [0, 0.05) is 37.4 Å². The van der Waals surface area contributed by atoms with Gasteiger partial charge in [0.05, 0.1) is 6.61 Å². The van der Waals surface area contributed by atoms with Crippen LogP contribution >= 0.6 is 0 Å². The average molecular weight is 210 g/mol. The lowest BCUT2D eigenvalue weighted by atomic mass is 10.1. The molecule has 3 nitrogen and oxygen atoms in total. The molecule has 2 N–H and O–H groups in total. The number of aliphatic hydroxyl groups excluding tert-OH is 1. The van der Waals surface area contributed by atoms with E-state index in [0.717, 1.165) is 31.9 Å². The van der Waals surface area contributed by atoms with Gasteiger partial charge in [0.15, 0.2) is 0 Å². The second-order valence-corrected chi connectivity index (χ2v) is 3.63. The number of piperazine rings is 1. The van der Waals surface area contributed by atoms with Gasteiger partial charge in [0.2, 0.25) is 0 Å². The minimum atomic E-state index is -0.325. The lowest BCUT2D eigenvalue weighted by Gasteiger charge is -2.31. The van der Waals surface area contributed by atoms with Crippen LogP contribution in [0.3, 0.4) is 0 Å². The van der Waals surface area contributed by atoms with E-state index >= 15 is 0 Å². The third-order valence-electron chi connectivity index (χ3n) is 2.71. The molecular weight excluding hydrogens is 195 g/mol. The minimum absolute atomic E-state index is 0.244. The van der Waals surface area contributed by atoms with E-state index < -0.39 is 0 Å². The van der Waals surface area contributed by atoms with Gasteiger partial charge in [0.1, 0.15) is 5.82 Å². The number of halogens is 1. The first-order chi connectivity index (χ1) is 7.33. The maximum Gasteiger partial charge on any atom is 0.130 e. The highest BCUT2D eigenvalue weighted by molar-refractivity contribution is 5.54. The molecule has 1 aromatic rings. The van der Waals surface area contributed by atoms with Crippen LogP contribution in [0.15, 0.2) is 18.2 Å². The first-order valence-corrected chi connectivity index (χ1v) is 5.17. The zero-order chi connectivity index (χ0) is 10.7. The van der Waals surface area contributed by atoms with Crippen LogP contribution in [0.25, 0.3) is 0 Å². The van der Waals surface area contributed by atoms with Gasteiger partial charge < -0.3 is 15.3 Å². The second kappa shape index (κ2) is 4.59. The summed E-state index contributed by atoms with van der Waals surface area (Å²) in [7, 11) is 0. The Balaban J connectivity index is 2.29. The maximum atomic E-state index is 13.4. The SMILES string of the molecule is OCc1c(F)cccc1N1CCNCC1. The van der Waals surface area contributed by atoms with Crippen molar-refractivity contribution in [3.8, 4) is 0 Å². The number of benzene rings is 1. The molecular formula is C11H15FN2O. The van der Waals surface area contributed by atoms with Crippen LogP contribution < -0.4 is 10.2 Å². The molecule has 1 aliphatic rings. The summed E-state index contributed by atoms with van der Waals surface area (Å²) in [5.41, 5.74) is 1.22. The number of rotatable bonds is 2. The number of aliphatic hydroxyl groups is 1. The molecule has 0 unspecified atom stereocenters. The van der Waals surface area contributed by atoms with Crippen LogP contribution in [0.2, 0.25) is 0 Å². The van der Waals surface area contributed by atoms with Crippen LogP contribution in [0.4, 0.5) is 10.1 Å². The monoisotopic (exact) mass is 210 g/mol. The quantitative estimate of drug-likeness (QED) is 0.755. The van der Waals surface area contributed by atoms with Crippen molar-refractivity contribution in [1.82, 2.24) is 5.32 Å². The van der Waals surface area contributed by atoms with Crippen molar-refractivity contribution in [2.75, 3.05) is 31.1 Å². The Labute approximate surface area is 88.5 Å². The topological polar surface area (TPSA) is 35.5 Å². The van der Waals surface area contributed by atoms with E-state index in [4.69, 9.17) is 5.11 Å². The Kier molecular flexibility index (Phi) is 3.18. The number of hydrogen-bond donors (Lipinski definition) is 2. The van der Waals surface area contributed by atoms with E-state index in [0.29, 0.717) is 5.56 Å². The van der Waals surface area contributed by atoms with Crippen molar-refractivity contribution in [3.05, 3.63) is 29.6 Å². The molecule has 1 aromatic carbocycles. The molecule has 15 heavy (non-hydrogen) atoms. The number of nitrogens with zero attached hydrogens (tertiary/aromatic N) is 1. The van der Waals surface area contributed by atoms with E-state index in [1.807, 2.05) is 6.07 Å². The van der Waals surface area contributed by atoms with Gasteiger partial charge >= 0.3 is 0 Å². The van der Waals surface area contributed by atoms with E-state index in [1.165, 1.54) is 6.07 Å².